The molecule has 0 bridgehead atoms. The smallest absolute Gasteiger partial charge is 0.229 e. The molecule has 6 nitrogen and oxygen atoms in total. The average Bonchev–Trinajstić information content (AvgIpc) is 2.98. The topological polar surface area (TPSA) is 69.0 Å². The number of carbonyl (C=O) groups excluding carboxylic acids is 1. The van der Waals surface area contributed by atoms with Crippen LogP contribution in [0, 0.1) is 0 Å². The van der Waals surface area contributed by atoms with Gasteiger partial charge in [0.15, 0.2) is 5.65 Å². The van der Waals surface area contributed by atoms with Crippen LogP contribution >= 0.6 is 11.6 Å². The fourth-order valence-electron chi connectivity index (χ4n) is 3.63. The number of carbonyl (C=O) groups is 1. The van der Waals surface area contributed by atoms with Gasteiger partial charge in [0.2, 0.25) is 11.9 Å². The summed E-state index contributed by atoms with van der Waals surface area (Å²) in [6, 6.07) is 3.90. The zero-order valence-electron chi connectivity index (χ0n) is 14.6. The van der Waals surface area contributed by atoms with Gasteiger partial charge in [0.1, 0.15) is 10.7 Å². The Labute approximate surface area is 151 Å². The first-order valence-corrected chi connectivity index (χ1v) is 9.31. The molecule has 1 amide bonds. The van der Waals surface area contributed by atoms with Crippen LogP contribution in [0.15, 0.2) is 12.1 Å². The second-order valence-corrected chi connectivity index (χ2v) is 8.04. The van der Waals surface area contributed by atoms with E-state index in [4.69, 9.17) is 16.3 Å². The highest BCUT2D eigenvalue weighted by atomic mass is 35.5. The quantitative estimate of drug-likeness (QED) is 0.831. The Balaban J connectivity index is 1.55. The van der Waals surface area contributed by atoms with Gasteiger partial charge in [-0.2, -0.15) is 0 Å². The Morgan fingerprint density at radius 3 is 2.80 bits per heavy atom. The molecule has 2 aromatic rings. The molecule has 0 spiro atoms. The molecule has 1 N–H and O–H groups in total. The third-order valence-corrected chi connectivity index (χ3v) is 5.37. The van der Waals surface area contributed by atoms with E-state index in [0.717, 1.165) is 36.8 Å². The largest absolute Gasteiger partial charge is 0.372 e. The number of hydrogen-bond acceptors (Lipinski definition) is 4. The molecule has 1 aliphatic carbocycles. The van der Waals surface area contributed by atoms with Crippen molar-refractivity contribution in [2.45, 2.75) is 70.1 Å². The maximum absolute atomic E-state index is 12.5. The number of nitrogens with zero attached hydrogens (tertiary/aromatic N) is 3. The summed E-state index contributed by atoms with van der Waals surface area (Å²) in [5.74, 6) is 0.501. The molecule has 1 unspecified atom stereocenters. The predicted octanol–water partition coefficient (Wildman–Crippen LogP) is 4.10. The molecule has 4 rings (SSSR count). The maximum atomic E-state index is 12.5. The van der Waals surface area contributed by atoms with E-state index in [1.165, 1.54) is 6.42 Å². The van der Waals surface area contributed by atoms with Crippen LogP contribution < -0.4 is 5.32 Å². The van der Waals surface area contributed by atoms with Gasteiger partial charge in [0, 0.05) is 6.04 Å². The standard InChI is InChI=1S/C18H23ClN4O2/c1-18(2)9-8-12(25-18)10-15(24)22-17-20-13-6-7-14(19)21-16(13)23(17)11-4-3-5-11/h6-7,11-12H,3-5,8-10H2,1-2H3,(H,20,22,24). The fraction of sp³-hybridized carbons (Fsp3) is 0.611. The highest BCUT2D eigenvalue weighted by Gasteiger charge is 2.33. The number of fused-ring (bicyclic) bond motifs is 1. The zero-order chi connectivity index (χ0) is 17.6. The summed E-state index contributed by atoms with van der Waals surface area (Å²) >= 11 is 6.06. The molecule has 0 radical (unpaired) electrons. The van der Waals surface area contributed by atoms with E-state index in [1.54, 1.807) is 6.07 Å². The number of ether oxygens (including phenoxy) is 1. The minimum Gasteiger partial charge on any atom is -0.372 e. The molecule has 134 valence electrons. The number of amides is 1. The van der Waals surface area contributed by atoms with Gasteiger partial charge in [-0.25, -0.2) is 9.97 Å². The van der Waals surface area contributed by atoms with Crippen LogP contribution in [-0.2, 0) is 9.53 Å². The van der Waals surface area contributed by atoms with Crippen molar-refractivity contribution in [2.24, 2.45) is 0 Å². The van der Waals surface area contributed by atoms with Crippen LogP contribution in [0.5, 0.6) is 0 Å². The third kappa shape index (κ3) is 3.37. The summed E-state index contributed by atoms with van der Waals surface area (Å²) in [7, 11) is 0. The van der Waals surface area contributed by atoms with E-state index < -0.39 is 0 Å². The van der Waals surface area contributed by atoms with Gasteiger partial charge in [-0.15, -0.1) is 0 Å². The number of pyridine rings is 1. The Morgan fingerprint density at radius 1 is 1.36 bits per heavy atom. The molecule has 25 heavy (non-hydrogen) atoms. The first-order valence-electron chi connectivity index (χ1n) is 8.93. The number of imidazole rings is 1. The third-order valence-electron chi connectivity index (χ3n) is 5.16. The number of halogens is 1. The van der Waals surface area contributed by atoms with Crippen molar-refractivity contribution in [1.29, 1.82) is 0 Å². The second kappa shape index (κ2) is 6.25. The van der Waals surface area contributed by atoms with Gasteiger partial charge in [-0.1, -0.05) is 11.6 Å². The van der Waals surface area contributed by atoms with Gasteiger partial charge >= 0.3 is 0 Å². The van der Waals surface area contributed by atoms with E-state index >= 15 is 0 Å². The predicted molar refractivity (Wildman–Crippen MR) is 96.9 cm³/mol. The van der Waals surface area contributed by atoms with Crippen LogP contribution in [0.25, 0.3) is 11.2 Å². The highest BCUT2D eigenvalue weighted by molar-refractivity contribution is 6.29. The minimum absolute atomic E-state index is 0.0240. The van der Waals surface area contributed by atoms with Crippen LogP contribution in [0.2, 0.25) is 5.15 Å². The lowest BCUT2D eigenvalue weighted by atomic mass is 9.93. The lowest BCUT2D eigenvalue weighted by Gasteiger charge is -2.28. The maximum Gasteiger partial charge on any atom is 0.229 e. The molecule has 1 aliphatic heterocycles. The summed E-state index contributed by atoms with van der Waals surface area (Å²) in [5.41, 5.74) is 1.36. The molecular weight excluding hydrogens is 340 g/mol. The van der Waals surface area contributed by atoms with Crippen LogP contribution in [0.3, 0.4) is 0 Å². The van der Waals surface area contributed by atoms with Crippen molar-refractivity contribution in [1.82, 2.24) is 14.5 Å². The van der Waals surface area contributed by atoms with Crippen molar-refractivity contribution >= 4 is 34.6 Å². The van der Waals surface area contributed by atoms with Gasteiger partial charge in [0.25, 0.3) is 0 Å². The first-order chi connectivity index (χ1) is 11.9. The van der Waals surface area contributed by atoms with Crippen molar-refractivity contribution in [2.75, 3.05) is 5.32 Å². The molecule has 2 aliphatic rings. The molecule has 3 heterocycles. The van der Waals surface area contributed by atoms with Gasteiger partial charge in [0.05, 0.1) is 18.1 Å². The monoisotopic (exact) mass is 362 g/mol. The molecule has 2 aromatic heterocycles. The summed E-state index contributed by atoms with van der Waals surface area (Å²) in [5, 5.41) is 3.41. The van der Waals surface area contributed by atoms with E-state index in [-0.39, 0.29) is 17.6 Å². The molecule has 1 saturated carbocycles. The zero-order valence-corrected chi connectivity index (χ0v) is 15.3. The molecule has 2 fully saturated rings. The first kappa shape index (κ1) is 16.8. The van der Waals surface area contributed by atoms with E-state index in [2.05, 4.69) is 29.1 Å². The molecule has 1 saturated heterocycles. The highest BCUT2D eigenvalue weighted by Crippen LogP contribution is 2.37. The fourth-order valence-corrected chi connectivity index (χ4v) is 3.78. The number of nitrogens with one attached hydrogen (secondary N) is 1. The molecule has 0 aromatic carbocycles. The van der Waals surface area contributed by atoms with Crippen LogP contribution in [0.1, 0.15) is 58.4 Å². The number of aromatic nitrogens is 3. The van der Waals surface area contributed by atoms with Gasteiger partial charge < -0.3 is 4.74 Å². The van der Waals surface area contributed by atoms with Crippen LogP contribution in [0.4, 0.5) is 5.95 Å². The minimum atomic E-state index is -0.134. The van der Waals surface area contributed by atoms with Crippen molar-refractivity contribution < 1.29 is 9.53 Å². The lowest BCUT2D eigenvalue weighted by molar-refractivity contribution is -0.119. The number of rotatable bonds is 4. The van der Waals surface area contributed by atoms with Crippen molar-refractivity contribution in [3.05, 3.63) is 17.3 Å². The van der Waals surface area contributed by atoms with Crippen molar-refractivity contribution in [3.63, 3.8) is 0 Å². The Hall–Kier alpha value is -1.66. The van der Waals surface area contributed by atoms with Crippen molar-refractivity contribution in [3.8, 4) is 0 Å². The summed E-state index contributed by atoms with van der Waals surface area (Å²) in [4.78, 5) is 21.5. The van der Waals surface area contributed by atoms with Gasteiger partial charge in [-0.3, -0.25) is 14.7 Å². The Kier molecular flexibility index (Phi) is 4.20. The lowest BCUT2D eigenvalue weighted by Crippen LogP contribution is -2.26. The molecular formula is C18H23ClN4O2. The van der Waals surface area contributed by atoms with Crippen LogP contribution in [-0.4, -0.2) is 32.1 Å². The van der Waals surface area contributed by atoms with E-state index in [9.17, 15) is 4.79 Å². The SMILES string of the molecule is CC1(C)CCC(CC(=O)Nc2nc3ccc(Cl)nc3n2C2CCC2)O1. The Morgan fingerprint density at radius 2 is 2.16 bits per heavy atom. The summed E-state index contributed by atoms with van der Waals surface area (Å²) in [6.45, 7) is 4.13. The van der Waals surface area contributed by atoms with E-state index in [0.29, 0.717) is 23.6 Å². The molecule has 7 heteroatoms. The second-order valence-electron chi connectivity index (χ2n) is 7.66. The Bertz CT molecular complexity index is 813. The van der Waals surface area contributed by atoms with E-state index in [1.807, 2.05) is 10.6 Å². The summed E-state index contributed by atoms with van der Waals surface area (Å²) < 4.78 is 7.95. The normalized spacial score (nSPS) is 22.9. The average molecular weight is 363 g/mol. The summed E-state index contributed by atoms with van der Waals surface area (Å²) in [6.07, 6.45) is 5.55. The van der Waals surface area contributed by atoms with Gasteiger partial charge in [-0.05, 0) is 58.1 Å². The number of hydrogen-bond donors (Lipinski definition) is 1. The number of anilines is 1. The molecule has 1 atom stereocenters.